The minimum atomic E-state index is -0.564. The molecule has 7 nitrogen and oxygen atoms in total. The quantitative estimate of drug-likeness (QED) is 0.487. The fraction of sp³-hybridized carbons (Fsp3) is 0.167. The number of nitrogens with zero attached hydrogens (tertiary/aromatic N) is 1. The van der Waals surface area contributed by atoms with Gasteiger partial charge in [-0.25, -0.2) is 5.43 Å². The van der Waals surface area contributed by atoms with Crippen LogP contribution in [0.1, 0.15) is 26.3 Å². The highest BCUT2D eigenvalue weighted by atomic mass is 16.6. The van der Waals surface area contributed by atoms with Crippen LogP contribution in [-0.2, 0) is 0 Å². The lowest BCUT2D eigenvalue weighted by molar-refractivity contribution is 0.0901. The van der Waals surface area contributed by atoms with Crippen molar-refractivity contribution in [1.82, 2.24) is 5.43 Å². The molecule has 2 aromatic rings. The molecule has 1 amide bonds. The molecule has 1 aliphatic rings. The number of aliphatic hydroxyl groups is 1. The van der Waals surface area contributed by atoms with Crippen molar-refractivity contribution in [2.45, 2.75) is 0 Å². The smallest absolute Gasteiger partial charge is 0.271 e. The lowest BCUT2D eigenvalue weighted by Gasteiger charge is -2.18. The molecular weight excluding hydrogens is 324 g/mol. The van der Waals surface area contributed by atoms with Gasteiger partial charge in [0.1, 0.15) is 19.8 Å². The first-order chi connectivity index (χ1) is 12.2. The minimum absolute atomic E-state index is 0.346. The number of hydrogen-bond acceptors (Lipinski definition) is 6. The van der Waals surface area contributed by atoms with Crippen LogP contribution >= 0.6 is 0 Å². The standard InChI is InChI=1S/C18H16N2O5/c21-11-15(22)13-2-4-14(5-3-13)18(23)20-19-10-12-1-6-16-17(9-12)25-8-7-24-16/h1-6,9-10,21H,7-8,11H2,(H,20,23)/b19-10+. The van der Waals surface area contributed by atoms with E-state index in [1.807, 2.05) is 0 Å². The lowest BCUT2D eigenvalue weighted by atomic mass is 10.1. The molecule has 0 radical (unpaired) electrons. The summed E-state index contributed by atoms with van der Waals surface area (Å²) in [6, 6.07) is 11.3. The number of Topliss-reactive ketones (excluding diaryl/α,β-unsaturated/α-hetero) is 1. The van der Waals surface area contributed by atoms with Crippen LogP contribution in [-0.4, -0.2) is 42.8 Å². The number of carbonyl (C=O) groups is 2. The zero-order valence-electron chi connectivity index (χ0n) is 13.3. The minimum Gasteiger partial charge on any atom is -0.486 e. The largest absolute Gasteiger partial charge is 0.486 e. The second-order valence-electron chi connectivity index (χ2n) is 5.26. The third kappa shape index (κ3) is 4.02. The van der Waals surface area contributed by atoms with Gasteiger partial charge in [0, 0.05) is 11.1 Å². The number of ketones is 1. The molecule has 0 unspecified atom stereocenters. The number of fused-ring (bicyclic) bond motifs is 1. The third-order valence-corrected chi connectivity index (χ3v) is 3.56. The predicted octanol–water partition coefficient (Wildman–Crippen LogP) is 1.40. The number of ether oxygens (including phenoxy) is 2. The third-order valence-electron chi connectivity index (χ3n) is 3.56. The molecule has 0 aliphatic carbocycles. The Morgan fingerprint density at radius 2 is 1.72 bits per heavy atom. The Morgan fingerprint density at radius 3 is 2.44 bits per heavy atom. The molecule has 2 N–H and O–H groups in total. The van der Waals surface area contributed by atoms with Crippen molar-refractivity contribution in [3.63, 3.8) is 0 Å². The summed E-state index contributed by atoms with van der Waals surface area (Å²) in [5.41, 5.74) is 3.87. The van der Waals surface area contributed by atoms with Crippen molar-refractivity contribution < 1.29 is 24.2 Å². The van der Waals surface area contributed by atoms with Crippen LogP contribution in [0.2, 0.25) is 0 Å². The van der Waals surface area contributed by atoms with E-state index in [0.29, 0.717) is 35.8 Å². The first kappa shape index (κ1) is 16.7. The normalized spacial score (nSPS) is 12.8. The second-order valence-corrected chi connectivity index (χ2v) is 5.26. The van der Waals surface area contributed by atoms with E-state index in [1.165, 1.54) is 30.5 Å². The maximum atomic E-state index is 12.0. The van der Waals surface area contributed by atoms with Crippen LogP contribution in [0.5, 0.6) is 11.5 Å². The van der Waals surface area contributed by atoms with Gasteiger partial charge in [-0.15, -0.1) is 0 Å². The zero-order chi connectivity index (χ0) is 17.6. The topological polar surface area (TPSA) is 97.2 Å². The molecule has 0 saturated carbocycles. The Bertz CT molecular complexity index is 815. The Morgan fingerprint density at radius 1 is 1.04 bits per heavy atom. The Labute approximate surface area is 143 Å². The molecule has 1 aliphatic heterocycles. The molecule has 0 spiro atoms. The van der Waals surface area contributed by atoms with Crippen LogP contribution in [0.3, 0.4) is 0 Å². The highest BCUT2D eigenvalue weighted by molar-refractivity contribution is 5.99. The van der Waals surface area contributed by atoms with Crippen molar-refractivity contribution in [3.05, 3.63) is 59.2 Å². The summed E-state index contributed by atoms with van der Waals surface area (Å²) < 4.78 is 10.9. The average molecular weight is 340 g/mol. The van der Waals surface area contributed by atoms with E-state index in [-0.39, 0.29) is 0 Å². The number of aliphatic hydroxyl groups excluding tert-OH is 1. The van der Waals surface area contributed by atoms with Gasteiger partial charge < -0.3 is 14.6 Å². The molecule has 25 heavy (non-hydrogen) atoms. The van der Waals surface area contributed by atoms with E-state index in [1.54, 1.807) is 18.2 Å². The maximum absolute atomic E-state index is 12.0. The fourth-order valence-corrected chi connectivity index (χ4v) is 2.27. The van der Waals surface area contributed by atoms with E-state index in [2.05, 4.69) is 10.5 Å². The second kappa shape index (κ2) is 7.59. The highest BCUT2D eigenvalue weighted by Crippen LogP contribution is 2.30. The molecule has 7 heteroatoms. The van der Waals surface area contributed by atoms with Gasteiger partial charge in [-0.05, 0) is 35.9 Å². The number of benzene rings is 2. The van der Waals surface area contributed by atoms with E-state index in [0.717, 1.165) is 5.56 Å². The fourth-order valence-electron chi connectivity index (χ4n) is 2.27. The van der Waals surface area contributed by atoms with Crippen molar-refractivity contribution in [3.8, 4) is 11.5 Å². The van der Waals surface area contributed by atoms with E-state index in [4.69, 9.17) is 14.6 Å². The van der Waals surface area contributed by atoms with Gasteiger partial charge >= 0.3 is 0 Å². The van der Waals surface area contributed by atoms with Gasteiger partial charge in [-0.3, -0.25) is 9.59 Å². The van der Waals surface area contributed by atoms with Crippen LogP contribution in [0.25, 0.3) is 0 Å². The van der Waals surface area contributed by atoms with Gasteiger partial charge in [-0.1, -0.05) is 12.1 Å². The van der Waals surface area contributed by atoms with Crippen molar-refractivity contribution in [2.75, 3.05) is 19.8 Å². The number of carbonyl (C=O) groups excluding carboxylic acids is 2. The number of amides is 1. The summed E-state index contributed by atoms with van der Waals surface area (Å²) in [4.78, 5) is 23.3. The Balaban J connectivity index is 1.62. The van der Waals surface area contributed by atoms with E-state index in [9.17, 15) is 9.59 Å². The molecule has 0 saturated heterocycles. The van der Waals surface area contributed by atoms with Crippen molar-refractivity contribution in [2.24, 2.45) is 5.10 Å². The zero-order valence-corrected chi connectivity index (χ0v) is 13.3. The van der Waals surface area contributed by atoms with Gasteiger partial charge in [0.2, 0.25) is 0 Å². The summed E-state index contributed by atoms with van der Waals surface area (Å²) in [5, 5.41) is 12.7. The molecule has 0 bridgehead atoms. The number of rotatable bonds is 5. The molecule has 3 rings (SSSR count). The summed E-state index contributed by atoms with van der Waals surface area (Å²) in [7, 11) is 0. The predicted molar refractivity (Wildman–Crippen MR) is 90.4 cm³/mol. The maximum Gasteiger partial charge on any atom is 0.271 e. The number of hydrazone groups is 1. The van der Waals surface area contributed by atoms with Crippen molar-refractivity contribution in [1.29, 1.82) is 0 Å². The molecule has 0 atom stereocenters. The van der Waals surface area contributed by atoms with Gasteiger partial charge in [-0.2, -0.15) is 5.10 Å². The molecule has 0 aromatic heterocycles. The van der Waals surface area contributed by atoms with Gasteiger partial charge in [0.25, 0.3) is 5.91 Å². The number of nitrogens with one attached hydrogen (secondary N) is 1. The molecule has 128 valence electrons. The van der Waals surface area contributed by atoms with E-state index >= 15 is 0 Å². The molecule has 2 aromatic carbocycles. The first-order valence-electron chi connectivity index (χ1n) is 7.64. The van der Waals surface area contributed by atoms with Crippen molar-refractivity contribution >= 4 is 17.9 Å². The molecule has 1 heterocycles. The summed E-state index contributed by atoms with van der Waals surface area (Å²) in [6.07, 6.45) is 1.50. The van der Waals surface area contributed by atoms with Crippen LogP contribution in [0.15, 0.2) is 47.6 Å². The molecular formula is C18H16N2O5. The average Bonchev–Trinajstić information content (AvgIpc) is 2.67. The monoisotopic (exact) mass is 340 g/mol. The Hall–Kier alpha value is -3.19. The van der Waals surface area contributed by atoms with Crippen LogP contribution in [0, 0.1) is 0 Å². The highest BCUT2D eigenvalue weighted by Gasteiger charge is 2.11. The summed E-state index contributed by atoms with van der Waals surface area (Å²) in [5.74, 6) is 0.524. The number of hydrogen-bond donors (Lipinski definition) is 2. The Kier molecular flexibility index (Phi) is 5.06. The summed E-state index contributed by atoms with van der Waals surface area (Å²) in [6.45, 7) is 0.462. The SMILES string of the molecule is O=C(CO)c1ccc(C(=O)N/N=C/c2ccc3c(c2)OCCO3)cc1. The van der Waals surface area contributed by atoms with E-state index < -0.39 is 18.3 Å². The summed E-state index contributed by atoms with van der Waals surface area (Å²) >= 11 is 0. The lowest BCUT2D eigenvalue weighted by Crippen LogP contribution is -2.18. The van der Waals surface area contributed by atoms with Gasteiger partial charge in [0.15, 0.2) is 17.3 Å². The van der Waals surface area contributed by atoms with Gasteiger partial charge in [0.05, 0.1) is 6.21 Å². The van der Waals surface area contributed by atoms with Crippen LogP contribution < -0.4 is 14.9 Å². The molecule has 0 fully saturated rings. The first-order valence-corrected chi connectivity index (χ1v) is 7.64. The van der Waals surface area contributed by atoms with Crippen LogP contribution in [0.4, 0.5) is 0 Å².